The van der Waals surface area contributed by atoms with Gasteiger partial charge in [-0.25, -0.2) is 0 Å². The molecule has 2 N–H and O–H groups in total. The van der Waals surface area contributed by atoms with Gasteiger partial charge in [0.05, 0.1) is 12.1 Å². The van der Waals surface area contributed by atoms with E-state index in [1.54, 1.807) is 12.2 Å². The SMILES string of the molecule is CCC(C)C(=CC#N)NCCNC(=CC#N)C(C)CC. The molecule has 0 radical (unpaired) electrons. The first kappa shape index (κ1) is 18.1. The molecule has 0 aromatic heterocycles. The molecule has 0 spiro atoms. The summed E-state index contributed by atoms with van der Waals surface area (Å²) in [5.74, 6) is 0.719. The molecular weight excluding hydrogens is 248 g/mol. The van der Waals surface area contributed by atoms with Gasteiger partial charge in [0.2, 0.25) is 0 Å². The van der Waals surface area contributed by atoms with E-state index < -0.39 is 0 Å². The fraction of sp³-hybridized carbons (Fsp3) is 0.625. The van der Waals surface area contributed by atoms with Crippen molar-refractivity contribution in [2.45, 2.75) is 40.5 Å². The molecule has 0 rings (SSSR count). The maximum Gasteiger partial charge on any atom is 0.0930 e. The fourth-order valence-electron chi connectivity index (χ4n) is 1.73. The van der Waals surface area contributed by atoms with Gasteiger partial charge in [-0.1, -0.05) is 27.7 Å². The summed E-state index contributed by atoms with van der Waals surface area (Å²) in [6, 6.07) is 4.16. The second-order valence-electron chi connectivity index (χ2n) is 4.93. The minimum atomic E-state index is 0.360. The third-order valence-corrected chi connectivity index (χ3v) is 3.51. The van der Waals surface area contributed by atoms with E-state index >= 15 is 0 Å². The zero-order valence-electron chi connectivity index (χ0n) is 13.0. The Morgan fingerprint density at radius 1 is 0.900 bits per heavy atom. The molecule has 110 valence electrons. The molecule has 4 nitrogen and oxygen atoms in total. The molecule has 20 heavy (non-hydrogen) atoms. The van der Waals surface area contributed by atoms with E-state index in [2.05, 4.69) is 50.5 Å². The molecule has 0 aliphatic rings. The maximum atomic E-state index is 8.77. The number of nitrogens with zero attached hydrogens (tertiary/aromatic N) is 2. The Labute approximate surface area is 123 Å². The molecule has 0 saturated carbocycles. The van der Waals surface area contributed by atoms with Crippen LogP contribution in [0.1, 0.15) is 40.5 Å². The van der Waals surface area contributed by atoms with Crippen LogP contribution in [0.25, 0.3) is 0 Å². The normalized spacial score (nSPS) is 14.9. The lowest BCUT2D eigenvalue weighted by Gasteiger charge is -2.18. The summed E-state index contributed by atoms with van der Waals surface area (Å²) in [5, 5.41) is 24.1. The highest BCUT2D eigenvalue weighted by Gasteiger charge is 2.07. The maximum absolute atomic E-state index is 8.77. The lowest BCUT2D eigenvalue weighted by atomic mass is 10.0. The quantitative estimate of drug-likeness (QED) is 0.500. The van der Waals surface area contributed by atoms with Gasteiger partial charge in [-0.2, -0.15) is 10.5 Å². The molecule has 0 fully saturated rings. The predicted octanol–water partition coefficient (Wildman–Crippen LogP) is 3.07. The van der Waals surface area contributed by atoms with Crippen molar-refractivity contribution in [2.24, 2.45) is 11.8 Å². The molecule has 2 atom stereocenters. The third kappa shape index (κ3) is 6.85. The minimum Gasteiger partial charge on any atom is -0.386 e. The van der Waals surface area contributed by atoms with Crippen molar-refractivity contribution < 1.29 is 0 Å². The van der Waals surface area contributed by atoms with Crippen molar-refractivity contribution in [1.29, 1.82) is 10.5 Å². The van der Waals surface area contributed by atoms with Crippen LogP contribution in [0, 0.1) is 34.5 Å². The number of hydrogen-bond acceptors (Lipinski definition) is 4. The highest BCUT2D eigenvalue weighted by molar-refractivity contribution is 5.15. The molecule has 0 heterocycles. The molecule has 0 amide bonds. The zero-order chi connectivity index (χ0) is 15.4. The molecule has 0 aliphatic carbocycles. The van der Waals surface area contributed by atoms with Gasteiger partial charge >= 0.3 is 0 Å². The van der Waals surface area contributed by atoms with Crippen LogP contribution in [-0.2, 0) is 0 Å². The van der Waals surface area contributed by atoms with Crippen LogP contribution in [0.5, 0.6) is 0 Å². The Morgan fingerprint density at radius 3 is 1.50 bits per heavy atom. The fourth-order valence-corrected chi connectivity index (χ4v) is 1.73. The van der Waals surface area contributed by atoms with Crippen LogP contribution in [0.4, 0.5) is 0 Å². The molecule has 0 saturated heterocycles. The molecule has 2 unspecified atom stereocenters. The monoisotopic (exact) mass is 274 g/mol. The highest BCUT2D eigenvalue weighted by Crippen LogP contribution is 2.11. The third-order valence-electron chi connectivity index (χ3n) is 3.51. The average Bonchev–Trinajstić information content (AvgIpc) is 2.47. The summed E-state index contributed by atoms with van der Waals surface area (Å²) in [6.45, 7) is 9.88. The second-order valence-corrected chi connectivity index (χ2v) is 4.93. The largest absolute Gasteiger partial charge is 0.386 e. The summed E-state index contributed by atoms with van der Waals surface area (Å²) in [4.78, 5) is 0. The smallest absolute Gasteiger partial charge is 0.0930 e. The zero-order valence-corrected chi connectivity index (χ0v) is 13.0. The second kappa shape index (κ2) is 10.9. The van der Waals surface area contributed by atoms with E-state index in [9.17, 15) is 0 Å². The lowest BCUT2D eigenvalue weighted by molar-refractivity contribution is 0.555. The Kier molecular flexibility index (Phi) is 9.87. The van der Waals surface area contributed by atoms with Gasteiger partial charge in [0.15, 0.2) is 0 Å². The Balaban J connectivity index is 4.30. The van der Waals surface area contributed by atoms with Gasteiger partial charge < -0.3 is 10.6 Å². The minimum absolute atomic E-state index is 0.360. The number of nitrogens with one attached hydrogen (secondary N) is 2. The van der Waals surface area contributed by atoms with Crippen LogP contribution in [-0.4, -0.2) is 13.1 Å². The van der Waals surface area contributed by atoms with Gasteiger partial charge in [0, 0.05) is 36.6 Å². The highest BCUT2D eigenvalue weighted by atomic mass is 15.0. The first-order chi connectivity index (χ1) is 9.60. The van der Waals surface area contributed by atoms with Gasteiger partial charge in [-0.3, -0.25) is 0 Å². The summed E-state index contributed by atoms with van der Waals surface area (Å²) in [6.07, 6.45) is 5.16. The average molecular weight is 274 g/mol. The molecule has 0 aromatic carbocycles. The topological polar surface area (TPSA) is 71.6 Å². The Hall–Kier alpha value is -1.94. The molecule has 0 bridgehead atoms. The van der Waals surface area contributed by atoms with Gasteiger partial charge in [-0.15, -0.1) is 0 Å². The first-order valence-electron chi connectivity index (χ1n) is 7.27. The van der Waals surface area contributed by atoms with Gasteiger partial charge in [0.25, 0.3) is 0 Å². The van der Waals surface area contributed by atoms with Crippen LogP contribution in [0.2, 0.25) is 0 Å². The van der Waals surface area contributed by atoms with Gasteiger partial charge in [-0.05, 0) is 24.7 Å². The van der Waals surface area contributed by atoms with Crippen LogP contribution >= 0.6 is 0 Å². The van der Waals surface area contributed by atoms with Crippen LogP contribution < -0.4 is 10.6 Å². The lowest BCUT2D eigenvalue weighted by Crippen LogP contribution is -2.30. The number of hydrogen-bond donors (Lipinski definition) is 2. The first-order valence-corrected chi connectivity index (χ1v) is 7.27. The molecule has 0 aliphatic heterocycles. The van der Waals surface area contributed by atoms with Crippen LogP contribution in [0.3, 0.4) is 0 Å². The molecular formula is C16H26N4. The van der Waals surface area contributed by atoms with E-state index in [1.165, 1.54) is 0 Å². The van der Waals surface area contributed by atoms with Gasteiger partial charge in [0.1, 0.15) is 0 Å². The standard InChI is InChI=1S/C16H26N4/c1-5-13(3)15(7-9-17)19-11-12-20-16(8-10-18)14(4)6-2/h7-8,13-14,19-20H,5-6,11-12H2,1-4H3. The molecule has 0 aromatic rings. The van der Waals surface area contributed by atoms with Crippen molar-refractivity contribution >= 4 is 0 Å². The van der Waals surface area contributed by atoms with E-state index in [0.29, 0.717) is 11.8 Å². The van der Waals surface area contributed by atoms with Crippen molar-refractivity contribution in [3.05, 3.63) is 23.5 Å². The number of nitriles is 2. The van der Waals surface area contributed by atoms with Crippen molar-refractivity contribution in [3.8, 4) is 12.1 Å². The molecule has 4 heteroatoms. The van der Waals surface area contributed by atoms with Crippen molar-refractivity contribution in [3.63, 3.8) is 0 Å². The van der Waals surface area contributed by atoms with Crippen LogP contribution in [0.15, 0.2) is 23.5 Å². The van der Waals surface area contributed by atoms with E-state index in [4.69, 9.17) is 10.5 Å². The summed E-state index contributed by atoms with van der Waals surface area (Å²) in [5.41, 5.74) is 1.96. The van der Waals surface area contributed by atoms with Crippen molar-refractivity contribution in [1.82, 2.24) is 10.6 Å². The van der Waals surface area contributed by atoms with E-state index in [-0.39, 0.29) is 0 Å². The Morgan fingerprint density at radius 2 is 1.25 bits per heavy atom. The van der Waals surface area contributed by atoms with E-state index in [0.717, 1.165) is 37.3 Å². The summed E-state index contributed by atoms with van der Waals surface area (Å²) < 4.78 is 0. The summed E-state index contributed by atoms with van der Waals surface area (Å²) in [7, 11) is 0. The van der Waals surface area contributed by atoms with E-state index in [1.807, 2.05) is 0 Å². The number of allylic oxidation sites excluding steroid dienone is 4. The predicted molar refractivity (Wildman–Crippen MR) is 82.3 cm³/mol. The Bertz CT molecular complexity index is 369. The summed E-state index contributed by atoms with van der Waals surface area (Å²) >= 11 is 0. The van der Waals surface area contributed by atoms with Crippen molar-refractivity contribution in [2.75, 3.05) is 13.1 Å². The number of rotatable bonds is 9.